The molecule has 0 unspecified atom stereocenters. The number of benzene rings is 2. The van der Waals surface area contributed by atoms with E-state index in [4.69, 9.17) is 40.5 Å². The maximum atomic E-state index is 12.3. The van der Waals surface area contributed by atoms with Crippen LogP contribution in [0.2, 0.25) is 15.1 Å². The van der Waals surface area contributed by atoms with Crippen molar-refractivity contribution in [3.8, 4) is 0 Å². The highest BCUT2D eigenvalue weighted by atomic mass is 35.5. The molecule has 0 saturated heterocycles. The van der Waals surface area contributed by atoms with Gasteiger partial charge in [-0.1, -0.05) is 34.8 Å². The van der Waals surface area contributed by atoms with Crippen molar-refractivity contribution in [2.24, 2.45) is 0 Å². The molecular weight excluding hydrogens is 293 g/mol. The van der Waals surface area contributed by atoms with E-state index in [2.05, 4.69) is 0 Å². The lowest BCUT2D eigenvalue weighted by Crippen LogP contribution is -2.03. The standard InChI is InChI=1S/C13H8Cl3NO/c14-8-1-2-12(16)11(6-8)13(18)7-3-9(15)5-10(17)4-7/h1-6H,17H2. The van der Waals surface area contributed by atoms with E-state index < -0.39 is 0 Å². The van der Waals surface area contributed by atoms with Crippen LogP contribution >= 0.6 is 34.8 Å². The highest BCUT2D eigenvalue weighted by molar-refractivity contribution is 6.37. The van der Waals surface area contributed by atoms with Crippen molar-refractivity contribution in [1.82, 2.24) is 0 Å². The van der Waals surface area contributed by atoms with Gasteiger partial charge in [0.25, 0.3) is 0 Å². The molecule has 18 heavy (non-hydrogen) atoms. The van der Waals surface area contributed by atoms with Gasteiger partial charge in [0.05, 0.1) is 5.02 Å². The molecule has 0 bridgehead atoms. The van der Waals surface area contributed by atoms with Crippen molar-refractivity contribution in [1.29, 1.82) is 0 Å². The van der Waals surface area contributed by atoms with Crippen LogP contribution in [0.25, 0.3) is 0 Å². The molecule has 2 nitrogen and oxygen atoms in total. The number of ketones is 1. The van der Waals surface area contributed by atoms with Gasteiger partial charge in [-0.2, -0.15) is 0 Å². The zero-order valence-corrected chi connectivity index (χ0v) is 11.4. The number of nitrogens with two attached hydrogens (primary N) is 1. The fraction of sp³-hybridized carbons (Fsp3) is 0. The largest absolute Gasteiger partial charge is 0.399 e. The van der Waals surface area contributed by atoms with Gasteiger partial charge in [-0.05, 0) is 36.4 Å². The summed E-state index contributed by atoms with van der Waals surface area (Å²) in [5.74, 6) is -0.267. The van der Waals surface area contributed by atoms with Crippen molar-refractivity contribution >= 4 is 46.3 Å². The third-order valence-electron chi connectivity index (χ3n) is 2.36. The van der Waals surface area contributed by atoms with E-state index in [-0.39, 0.29) is 5.78 Å². The Balaban J connectivity index is 2.51. The van der Waals surface area contributed by atoms with Crippen LogP contribution in [0.4, 0.5) is 5.69 Å². The third kappa shape index (κ3) is 2.78. The lowest BCUT2D eigenvalue weighted by molar-refractivity contribution is 0.103. The molecule has 2 aromatic rings. The average Bonchev–Trinajstić information content (AvgIpc) is 2.30. The summed E-state index contributed by atoms with van der Waals surface area (Å²) in [5, 5.41) is 1.18. The topological polar surface area (TPSA) is 43.1 Å². The average molecular weight is 301 g/mol. The first kappa shape index (κ1) is 13.2. The van der Waals surface area contributed by atoms with Crippen molar-refractivity contribution in [3.63, 3.8) is 0 Å². The van der Waals surface area contributed by atoms with E-state index in [9.17, 15) is 4.79 Å². The van der Waals surface area contributed by atoms with Crippen LogP contribution in [0.15, 0.2) is 36.4 Å². The first-order chi connectivity index (χ1) is 8.47. The highest BCUT2D eigenvalue weighted by Crippen LogP contribution is 2.25. The van der Waals surface area contributed by atoms with E-state index in [1.54, 1.807) is 24.3 Å². The summed E-state index contributed by atoms with van der Waals surface area (Å²) in [6, 6.07) is 9.36. The van der Waals surface area contributed by atoms with E-state index in [1.807, 2.05) is 0 Å². The van der Waals surface area contributed by atoms with Crippen LogP contribution in [-0.2, 0) is 0 Å². The molecule has 0 aliphatic rings. The number of hydrogen-bond donors (Lipinski definition) is 1. The smallest absolute Gasteiger partial charge is 0.194 e. The molecular formula is C13H8Cl3NO. The normalized spacial score (nSPS) is 10.4. The van der Waals surface area contributed by atoms with Gasteiger partial charge in [-0.25, -0.2) is 0 Å². The quantitative estimate of drug-likeness (QED) is 0.657. The van der Waals surface area contributed by atoms with E-state index in [0.717, 1.165) is 0 Å². The molecule has 0 aromatic heterocycles. The Morgan fingerprint density at radius 3 is 2.33 bits per heavy atom. The molecule has 0 atom stereocenters. The fourth-order valence-electron chi connectivity index (χ4n) is 1.57. The number of carbonyl (C=O) groups excluding carboxylic acids is 1. The number of rotatable bonds is 2. The zero-order valence-electron chi connectivity index (χ0n) is 9.08. The van der Waals surface area contributed by atoms with Gasteiger partial charge in [0.15, 0.2) is 5.78 Å². The predicted octanol–water partition coefficient (Wildman–Crippen LogP) is 4.46. The summed E-state index contributed by atoms with van der Waals surface area (Å²) in [4.78, 5) is 12.3. The van der Waals surface area contributed by atoms with Gasteiger partial charge in [-0.15, -0.1) is 0 Å². The summed E-state index contributed by atoms with van der Waals surface area (Å²) < 4.78 is 0. The number of halogens is 3. The van der Waals surface area contributed by atoms with Gasteiger partial charge in [0, 0.05) is 26.9 Å². The first-order valence-electron chi connectivity index (χ1n) is 5.03. The number of carbonyl (C=O) groups is 1. The van der Waals surface area contributed by atoms with Crippen molar-refractivity contribution < 1.29 is 4.79 Å². The minimum atomic E-state index is -0.267. The van der Waals surface area contributed by atoms with Crippen LogP contribution in [-0.4, -0.2) is 5.78 Å². The molecule has 0 spiro atoms. The molecule has 0 saturated carbocycles. The van der Waals surface area contributed by atoms with Gasteiger partial charge < -0.3 is 5.73 Å². The molecule has 2 aromatic carbocycles. The first-order valence-corrected chi connectivity index (χ1v) is 6.16. The molecule has 2 N–H and O–H groups in total. The molecule has 0 radical (unpaired) electrons. The molecule has 92 valence electrons. The Bertz CT molecular complexity index is 605. The summed E-state index contributed by atoms with van der Waals surface area (Å²) in [5.41, 5.74) is 6.77. The van der Waals surface area contributed by atoms with Crippen molar-refractivity contribution in [2.45, 2.75) is 0 Å². The van der Waals surface area contributed by atoms with Gasteiger partial charge >= 0.3 is 0 Å². The molecule has 5 heteroatoms. The molecule has 0 fully saturated rings. The number of nitrogen functional groups attached to an aromatic ring is 1. The second-order valence-corrected chi connectivity index (χ2v) is 5.01. The second-order valence-electron chi connectivity index (χ2n) is 3.73. The van der Waals surface area contributed by atoms with Gasteiger partial charge in [0.2, 0.25) is 0 Å². The molecule has 0 amide bonds. The lowest BCUT2D eigenvalue weighted by Gasteiger charge is -2.06. The van der Waals surface area contributed by atoms with Crippen LogP contribution in [0.3, 0.4) is 0 Å². The third-order valence-corrected chi connectivity index (χ3v) is 3.14. The minimum absolute atomic E-state index is 0.267. The minimum Gasteiger partial charge on any atom is -0.399 e. The van der Waals surface area contributed by atoms with Crippen molar-refractivity contribution in [3.05, 3.63) is 62.6 Å². The Morgan fingerprint density at radius 1 is 0.944 bits per heavy atom. The Kier molecular flexibility index (Phi) is 3.81. The monoisotopic (exact) mass is 299 g/mol. The summed E-state index contributed by atoms with van der Waals surface area (Å²) >= 11 is 17.7. The van der Waals surface area contributed by atoms with Crippen LogP contribution in [0.5, 0.6) is 0 Å². The summed E-state index contributed by atoms with van der Waals surface area (Å²) in [7, 11) is 0. The lowest BCUT2D eigenvalue weighted by atomic mass is 10.0. The molecule has 0 heterocycles. The Labute approximate surface area is 119 Å². The van der Waals surface area contributed by atoms with Gasteiger partial charge in [-0.3, -0.25) is 4.79 Å². The van der Waals surface area contributed by atoms with E-state index in [1.165, 1.54) is 12.1 Å². The summed E-state index contributed by atoms with van der Waals surface area (Å²) in [6.07, 6.45) is 0. The molecule has 2 rings (SSSR count). The number of anilines is 1. The zero-order chi connectivity index (χ0) is 13.3. The SMILES string of the molecule is Nc1cc(Cl)cc(C(=O)c2cc(Cl)ccc2Cl)c1. The molecule has 0 aliphatic carbocycles. The van der Waals surface area contributed by atoms with Crippen molar-refractivity contribution in [2.75, 3.05) is 5.73 Å². The Hall–Kier alpha value is -1.22. The van der Waals surface area contributed by atoms with Crippen LogP contribution < -0.4 is 5.73 Å². The predicted molar refractivity (Wildman–Crippen MR) is 75.8 cm³/mol. The maximum absolute atomic E-state index is 12.3. The molecule has 0 aliphatic heterocycles. The van der Waals surface area contributed by atoms with Gasteiger partial charge in [0.1, 0.15) is 0 Å². The highest BCUT2D eigenvalue weighted by Gasteiger charge is 2.14. The van der Waals surface area contributed by atoms with E-state index in [0.29, 0.717) is 31.9 Å². The maximum Gasteiger partial charge on any atom is 0.194 e. The number of hydrogen-bond acceptors (Lipinski definition) is 2. The van der Waals surface area contributed by atoms with Crippen LogP contribution in [0.1, 0.15) is 15.9 Å². The van der Waals surface area contributed by atoms with E-state index >= 15 is 0 Å². The second kappa shape index (κ2) is 5.19. The van der Waals surface area contributed by atoms with Crippen LogP contribution in [0, 0.1) is 0 Å². The Morgan fingerprint density at radius 2 is 1.67 bits per heavy atom. The fourth-order valence-corrected chi connectivity index (χ4v) is 2.19. The summed E-state index contributed by atoms with van der Waals surface area (Å²) in [6.45, 7) is 0.